The first-order valence-corrected chi connectivity index (χ1v) is 7.35. The maximum Gasteiger partial charge on any atom is 0.416 e. The van der Waals surface area contributed by atoms with Gasteiger partial charge in [0.2, 0.25) is 11.8 Å². The third-order valence-corrected chi connectivity index (χ3v) is 3.60. The third kappa shape index (κ3) is 5.09. The smallest absolute Gasteiger partial charge is 0.391 e. The van der Waals surface area contributed by atoms with Crippen molar-refractivity contribution in [1.29, 1.82) is 0 Å². The second-order valence-corrected chi connectivity index (χ2v) is 5.45. The van der Waals surface area contributed by atoms with E-state index in [0.29, 0.717) is 18.5 Å². The number of carbonyl (C=O) groups excluding carboxylic acids is 2. The first kappa shape index (κ1) is 18.0. The van der Waals surface area contributed by atoms with Gasteiger partial charge in [-0.05, 0) is 30.2 Å². The number of benzene rings is 1. The van der Waals surface area contributed by atoms with E-state index in [-0.39, 0.29) is 19.0 Å². The van der Waals surface area contributed by atoms with E-state index in [1.807, 2.05) is 0 Å². The van der Waals surface area contributed by atoms with Gasteiger partial charge in [-0.2, -0.15) is 13.2 Å². The Hall–Kier alpha value is -2.35. The molecule has 8 heteroatoms. The number of nitrogens with zero attached hydrogens (tertiary/aromatic N) is 1. The fourth-order valence-corrected chi connectivity index (χ4v) is 2.26. The van der Waals surface area contributed by atoms with Crippen LogP contribution in [0.2, 0.25) is 0 Å². The lowest BCUT2D eigenvalue weighted by atomic mass is 10.1. The molecular formula is C16H17F3N2O3. The van der Waals surface area contributed by atoms with E-state index in [0.717, 1.165) is 18.2 Å². The summed E-state index contributed by atoms with van der Waals surface area (Å²) in [6.07, 6.45) is -1.89. The lowest BCUT2D eigenvalue weighted by Gasteiger charge is -2.15. The molecule has 0 bridgehead atoms. The van der Waals surface area contributed by atoms with Gasteiger partial charge in [0.05, 0.1) is 18.2 Å². The SMILES string of the molecule is O=C(/C=C/c1ccc(C(F)(F)F)cc1)NCC(=O)N1CC[C@H](O)C1. The molecule has 0 radical (unpaired) electrons. The van der Waals surface area contributed by atoms with Crippen LogP contribution >= 0.6 is 0 Å². The average molecular weight is 342 g/mol. The van der Waals surface area contributed by atoms with Crippen LogP contribution in [-0.2, 0) is 15.8 Å². The molecule has 2 rings (SSSR count). The molecule has 1 aromatic rings. The Morgan fingerprint density at radius 3 is 2.50 bits per heavy atom. The van der Waals surface area contributed by atoms with Crippen molar-refractivity contribution in [2.24, 2.45) is 0 Å². The largest absolute Gasteiger partial charge is 0.416 e. The fraction of sp³-hybridized carbons (Fsp3) is 0.375. The first-order valence-electron chi connectivity index (χ1n) is 7.35. The number of halogens is 3. The van der Waals surface area contributed by atoms with Crippen LogP contribution in [0.3, 0.4) is 0 Å². The van der Waals surface area contributed by atoms with Gasteiger partial charge in [0.15, 0.2) is 0 Å². The molecule has 1 heterocycles. The molecule has 1 fully saturated rings. The Kier molecular flexibility index (Phi) is 5.61. The van der Waals surface area contributed by atoms with E-state index >= 15 is 0 Å². The number of likely N-dealkylation sites (tertiary alicyclic amines) is 1. The van der Waals surface area contributed by atoms with E-state index in [9.17, 15) is 27.9 Å². The zero-order valence-corrected chi connectivity index (χ0v) is 12.7. The second kappa shape index (κ2) is 7.48. The molecule has 2 N–H and O–H groups in total. The molecule has 0 unspecified atom stereocenters. The van der Waals surface area contributed by atoms with E-state index < -0.39 is 23.8 Å². The van der Waals surface area contributed by atoms with Crippen LogP contribution in [0.5, 0.6) is 0 Å². The molecule has 0 spiro atoms. The molecule has 1 aliphatic rings. The summed E-state index contributed by atoms with van der Waals surface area (Å²) in [6.45, 7) is 0.524. The van der Waals surface area contributed by atoms with Crippen molar-refractivity contribution in [3.8, 4) is 0 Å². The molecule has 1 saturated heterocycles. The van der Waals surface area contributed by atoms with Gasteiger partial charge in [-0.15, -0.1) is 0 Å². The van der Waals surface area contributed by atoms with E-state index in [1.54, 1.807) is 0 Å². The van der Waals surface area contributed by atoms with Crippen LogP contribution in [0.1, 0.15) is 17.5 Å². The van der Waals surface area contributed by atoms with Crippen molar-refractivity contribution in [1.82, 2.24) is 10.2 Å². The number of hydrogen-bond donors (Lipinski definition) is 2. The maximum absolute atomic E-state index is 12.4. The average Bonchev–Trinajstić information content (AvgIpc) is 2.96. The van der Waals surface area contributed by atoms with Crippen molar-refractivity contribution in [3.63, 3.8) is 0 Å². The molecule has 24 heavy (non-hydrogen) atoms. The Morgan fingerprint density at radius 1 is 1.29 bits per heavy atom. The molecule has 1 atom stereocenters. The number of nitrogens with one attached hydrogen (secondary N) is 1. The lowest BCUT2D eigenvalue weighted by molar-refractivity contribution is -0.137. The highest BCUT2D eigenvalue weighted by Gasteiger charge is 2.29. The van der Waals surface area contributed by atoms with Gasteiger partial charge in [-0.3, -0.25) is 9.59 Å². The highest BCUT2D eigenvalue weighted by Crippen LogP contribution is 2.29. The zero-order chi connectivity index (χ0) is 17.7. The number of carbonyl (C=O) groups is 2. The summed E-state index contributed by atoms with van der Waals surface area (Å²) in [5.74, 6) is -0.814. The summed E-state index contributed by atoms with van der Waals surface area (Å²) in [5.41, 5.74) is -0.324. The number of hydrogen-bond acceptors (Lipinski definition) is 3. The quantitative estimate of drug-likeness (QED) is 0.814. The van der Waals surface area contributed by atoms with Crippen LogP contribution in [0.15, 0.2) is 30.3 Å². The number of alkyl halides is 3. The number of amides is 2. The monoisotopic (exact) mass is 342 g/mol. The topological polar surface area (TPSA) is 69.6 Å². The summed E-state index contributed by atoms with van der Waals surface area (Å²) >= 11 is 0. The summed E-state index contributed by atoms with van der Waals surface area (Å²) in [7, 11) is 0. The Morgan fingerprint density at radius 2 is 1.96 bits per heavy atom. The molecule has 0 aliphatic carbocycles. The molecule has 1 aromatic carbocycles. The number of rotatable bonds is 4. The Balaban J connectivity index is 1.81. The van der Waals surface area contributed by atoms with Crippen molar-refractivity contribution in [3.05, 3.63) is 41.5 Å². The summed E-state index contributed by atoms with van der Waals surface area (Å²) < 4.78 is 37.3. The van der Waals surface area contributed by atoms with Crippen LogP contribution in [-0.4, -0.2) is 47.6 Å². The fourth-order valence-electron chi connectivity index (χ4n) is 2.26. The standard InChI is InChI=1S/C16H17F3N2O3/c17-16(18,19)12-4-1-11(2-5-12)3-6-14(23)20-9-15(24)21-8-7-13(22)10-21/h1-6,13,22H,7-10H2,(H,20,23)/b6-3+/t13-/m0/s1. The van der Waals surface area contributed by atoms with Gasteiger partial charge in [0, 0.05) is 19.2 Å². The first-order chi connectivity index (χ1) is 11.3. The minimum absolute atomic E-state index is 0.192. The number of β-amino-alcohol motifs (C(OH)–C–C–N with tert-alkyl or cyclic N) is 1. The van der Waals surface area contributed by atoms with Gasteiger partial charge in [-0.25, -0.2) is 0 Å². The van der Waals surface area contributed by atoms with Crippen molar-refractivity contribution >= 4 is 17.9 Å². The van der Waals surface area contributed by atoms with Crippen molar-refractivity contribution in [2.75, 3.05) is 19.6 Å². The van der Waals surface area contributed by atoms with Crippen LogP contribution in [0.25, 0.3) is 6.08 Å². The highest BCUT2D eigenvalue weighted by atomic mass is 19.4. The van der Waals surface area contributed by atoms with Gasteiger partial charge in [0.25, 0.3) is 0 Å². The lowest BCUT2D eigenvalue weighted by Crippen LogP contribution is -2.38. The molecule has 2 amide bonds. The van der Waals surface area contributed by atoms with Gasteiger partial charge in [-0.1, -0.05) is 12.1 Å². The minimum atomic E-state index is -4.40. The predicted octanol–water partition coefficient (Wildman–Crippen LogP) is 1.43. The molecular weight excluding hydrogens is 325 g/mol. The van der Waals surface area contributed by atoms with E-state index in [2.05, 4.69) is 5.32 Å². The summed E-state index contributed by atoms with van der Waals surface area (Å²) in [4.78, 5) is 24.9. The highest BCUT2D eigenvalue weighted by molar-refractivity contribution is 5.94. The Labute approximate surface area is 136 Å². The molecule has 1 aliphatic heterocycles. The summed E-state index contributed by atoms with van der Waals surface area (Å²) in [5, 5.41) is 11.7. The number of aliphatic hydroxyl groups is 1. The van der Waals surface area contributed by atoms with Crippen molar-refractivity contribution in [2.45, 2.75) is 18.7 Å². The van der Waals surface area contributed by atoms with Gasteiger partial charge < -0.3 is 15.3 Å². The summed E-state index contributed by atoms with van der Waals surface area (Å²) in [6, 6.07) is 4.37. The van der Waals surface area contributed by atoms with E-state index in [1.165, 1.54) is 23.1 Å². The van der Waals surface area contributed by atoms with Crippen LogP contribution < -0.4 is 5.32 Å². The minimum Gasteiger partial charge on any atom is -0.391 e. The maximum atomic E-state index is 12.4. The normalized spacial score (nSPS) is 18.2. The molecule has 0 aromatic heterocycles. The van der Waals surface area contributed by atoms with Gasteiger partial charge >= 0.3 is 6.18 Å². The second-order valence-electron chi connectivity index (χ2n) is 5.45. The van der Waals surface area contributed by atoms with Gasteiger partial charge in [0.1, 0.15) is 0 Å². The zero-order valence-electron chi connectivity index (χ0n) is 12.7. The van der Waals surface area contributed by atoms with Crippen LogP contribution in [0, 0.1) is 0 Å². The Bertz CT molecular complexity index is 626. The molecule has 130 valence electrons. The molecule has 0 saturated carbocycles. The number of aliphatic hydroxyl groups excluding tert-OH is 1. The predicted molar refractivity (Wildman–Crippen MR) is 80.7 cm³/mol. The molecule has 5 nitrogen and oxygen atoms in total. The van der Waals surface area contributed by atoms with Crippen molar-refractivity contribution < 1.29 is 27.9 Å². The van der Waals surface area contributed by atoms with E-state index in [4.69, 9.17) is 0 Å². The van der Waals surface area contributed by atoms with Crippen LogP contribution in [0.4, 0.5) is 13.2 Å². The third-order valence-electron chi connectivity index (χ3n) is 3.60.